The lowest BCUT2D eigenvalue weighted by molar-refractivity contribution is 0.301. The first-order valence-electron chi connectivity index (χ1n) is 5.81. The summed E-state index contributed by atoms with van der Waals surface area (Å²) in [7, 11) is 0. The van der Waals surface area contributed by atoms with Crippen molar-refractivity contribution in [3.8, 4) is 0 Å². The van der Waals surface area contributed by atoms with E-state index >= 15 is 0 Å². The lowest BCUT2D eigenvalue weighted by Crippen LogP contribution is -2.26. The fourth-order valence-corrected chi connectivity index (χ4v) is 1.98. The molecule has 3 nitrogen and oxygen atoms in total. The predicted molar refractivity (Wildman–Crippen MR) is 73.8 cm³/mol. The van der Waals surface area contributed by atoms with Crippen LogP contribution in [0.1, 0.15) is 5.56 Å². The van der Waals surface area contributed by atoms with Gasteiger partial charge in [-0.3, -0.25) is 0 Å². The Balaban J connectivity index is 2.19. The Morgan fingerprint density at radius 1 is 1.11 bits per heavy atom. The van der Waals surface area contributed by atoms with Gasteiger partial charge in [-0.15, -0.1) is 0 Å². The molecule has 0 atom stereocenters. The fraction of sp³-hybridized carbons (Fsp3) is 0.214. The molecule has 1 aromatic heterocycles. The van der Waals surface area contributed by atoms with Crippen LogP contribution in [0.4, 0.5) is 5.69 Å². The summed E-state index contributed by atoms with van der Waals surface area (Å²) in [4.78, 5) is 6.13. The standard InChI is InChI=1S/C14H15ClN2O/c15-14-12(5-4-8-16-14)11-17(9-10-18)13-6-2-1-3-7-13/h1-8,18H,9-11H2. The average molecular weight is 263 g/mol. The van der Waals surface area contributed by atoms with Gasteiger partial charge in [-0.1, -0.05) is 35.9 Å². The van der Waals surface area contributed by atoms with E-state index in [1.165, 1.54) is 0 Å². The molecule has 2 aromatic rings. The molecular weight excluding hydrogens is 248 g/mol. The summed E-state index contributed by atoms with van der Waals surface area (Å²) in [6.45, 7) is 1.30. The minimum absolute atomic E-state index is 0.104. The molecule has 0 radical (unpaired) electrons. The number of aromatic nitrogens is 1. The number of halogens is 1. The van der Waals surface area contributed by atoms with Crippen molar-refractivity contribution < 1.29 is 5.11 Å². The minimum Gasteiger partial charge on any atom is -0.395 e. The van der Waals surface area contributed by atoms with Crippen molar-refractivity contribution in [2.75, 3.05) is 18.1 Å². The van der Waals surface area contributed by atoms with Gasteiger partial charge in [-0.05, 0) is 18.2 Å². The van der Waals surface area contributed by atoms with Crippen molar-refractivity contribution >= 4 is 17.3 Å². The molecule has 0 bridgehead atoms. The van der Waals surface area contributed by atoms with Gasteiger partial charge in [-0.25, -0.2) is 4.98 Å². The van der Waals surface area contributed by atoms with Crippen LogP contribution < -0.4 is 4.90 Å². The summed E-state index contributed by atoms with van der Waals surface area (Å²) >= 11 is 6.06. The van der Waals surface area contributed by atoms with Crippen molar-refractivity contribution in [2.45, 2.75) is 6.54 Å². The Kier molecular flexibility index (Phi) is 4.56. The van der Waals surface area contributed by atoms with E-state index in [0.29, 0.717) is 18.2 Å². The summed E-state index contributed by atoms with van der Waals surface area (Å²) in [6, 6.07) is 13.8. The molecule has 1 N–H and O–H groups in total. The van der Waals surface area contributed by atoms with Gasteiger partial charge in [0.1, 0.15) is 5.15 Å². The van der Waals surface area contributed by atoms with Crippen molar-refractivity contribution in [3.05, 3.63) is 59.4 Å². The van der Waals surface area contributed by atoms with Gasteiger partial charge >= 0.3 is 0 Å². The number of pyridine rings is 1. The Hall–Kier alpha value is -1.58. The molecule has 0 saturated carbocycles. The third kappa shape index (κ3) is 3.22. The van der Waals surface area contributed by atoms with Crippen LogP contribution in [0.25, 0.3) is 0 Å². The molecule has 0 aliphatic rings. The molecule has 1 heterocycles. The Bertz CT molecular complexity index is 490. The van der Waals surface area contributed by atoms with Gasteiger partial charge in [-0.2, -0.15) is 0 Å². The highest BCUT2D eigenvalue weighted by Gasteiger charge is 2.09. The second-order valence-electron chi connectivity index (χ2n) is 3.93. The highest BCUT2D eigenvalue weighted by molar-refractivity contribution is 6.30. The van der Waals surface area contributed by atoms with Crippen molar-refractivity contribution in [2.24, 2.45) is 0 Å². The first kappa shape index (κ1) is 12.9. The highest BCUT2D eigenvalue weighted by atomic mass is 35.5. The third-order valence-electron chi connectivity index (χ3n) is 2.69. The summed E-state index contributed by atoms with van der Waals surface area (Å²) < 4.78 is 0. The van der Waals surface area contributed by atoms with E-state index in [0.717, 1.165) is 11.3 Å². The Labute approximate surface area is 112 Å². The topological polar surface area (TPSA) is 36.4 Å². The number of anilines is 1. The SMILES string of the molecule is OCCN(Cc1cccnc1Cl)c1ccccc1. The van der Waals surface area contributed by atoms with Crippen molar-refractivity contribution in [1.29, 1.82) is 0 Å². The summed E-state index contributed by atoms with van der Waals surface area (Å²) in [5.74, 6) is 0. The highest BCUT2D eigenvalue weighted by Crippen LogP contribution is 2.19. The normalized spacial score (nSPS) is 10.3. The molecule has 2 rings (SSSR count). The lowest BCUT2D eigenvalue weighted by atomic mass is 10.2. The van der Waals surface area contributed by atoms with Gasteiger partial charge in [0.15, 0.2) is 0 Å². The molecule has 1 aromatic carbocycles. The van der Waals surface area contributed by atoms with Crippen LogP contribution in [0.2, 0.25) is 5.15 Å². The quantitative estimate of drug-likeness (QED) is 0.842. The third-order valence-corrected chi connectivity index (χ3v) is 3.03. The van der Waals surface area contributed by atoms with Gasteiger partial charge < -0.3 is 10.0 Å². The number of benzene rings is 1. The second-order valence-corrected chi connectivity index (χ2v) is 4.29. The van der Waals surface area contributed by atoms with E-state index in [-0.39, 0.29) is 6.61 Å². The van der Waals surface area contributed by atoms with Crippen LogP contribution in [-0.4, -0.2) is 23.2 Å². The van der Waals surface area contributed by atoms with E-state index < -0.39 is 0 Å². The summed E-state index contributed by atoms with van der Waals surface area (Å²) in [5.41, 5.74) is 2.02. The predicted octanol–water partition coefficient (Wildman–Crippen LogP) is 2.73. The number of rotatable bonds is 5. The maximum atomic E-state index is 9.16. The molecule has 0 aliphatic heterocycles. The number of hydrogen-bond donors (Lipinski definition) is 1. The molecule has 0 spiro atoms. The molecule has 0 fully saturated rings. The number of para-hydroxylation sites is 1. The first-order valence-corrected chi connectivity index (χ1v) is 6.19. The van der Waals surface area contributed by atoms with Gasteiger partial charge in [0.25, 0.3) is 0 Å². The number of hydrogen-bond acceptors (Lipinski definition) is 3. The zero-order chi connectivity index (χ0) is 12.8. The molecule has 0 unspecified atom stereocenters. The molecule has 94 valence electrons. The van der Waals surface area contributed by atoms with Crippen molar-refractivity contribution in [1.82, 2.24) is 4.98 Å². The number of aliphatic hydroxyl groups excluding tert-OH is 1. The van der Waals surface area contributed by atoms with Crippen LogP contribution in [0.5, 0.6) is 0 Å². The molecule has 0 aliphatic carbocycles. The van der Waals surface area contributed by atoms with Gasteiger partial charge in [0.05, 0.1) is 6.61 Å². The largest absolute Gasteiger partial charge is 0.395 e. The molecule has 0 amide bonds. The van der Waals surface area contributed by atoms with Gasteiger partial charge in [0, 0.05) is 30.5 Å². The molecular formula is C14H15ClN2O. The lowest BCUT2D eigenvalue weighted by Gasteiger charge is -2.24. The summed E-state index contributed by atoms with van der Waals surface area (Å²) in [5, 5.41) is 9.67. The first-order chi connectivity index (χ1) is 8.81. The zero-order valence-corrected chi connectivity index (χ0v) is 10.7. The van der Waals surface area contributed by atoms with E-state index in [4.69, 9.17) is 16.7 Å². The van der Waals surface area contributed by atoms with E-state index in [1.807, 2.05) is 42.5 Å². The van der Waals surface area contributed by atoms with E-state index in [1.54, 1.807) is 6.20 Å². The zero-order valence-electron chi connectivity index (χ0n) is 9.96. The van der Waals surface area contributed by atoms with Crippen LogP contribution in [0.3, 0.4) is 0 Å². The number of aliphatic hydroxyl groups is 1. The second kappa shape index (κ2) is 6.38. The van der Waals surface area contributed by atoms with Crippen LogP contribution >= 0.6 is 11.6 Å². The Morgan fingerprint density at radius 2 is 1.89 bits per heavy atom. The molecule has 0 saturated heterocycles. The average Bonchev–Trinajstić information content (AvgIpc) is 2.42. The van der Waals surface area contributed by atoms with E-state index in [2.05, 4.69) is 9.88 Å². The molecule has 4 heteroatoms. The monoisotopic (exact) mass is 262 g/mol. The maximum absolute atomic E-state index is 9.16. The summed E-state index contributed by atoms with van der Waals surface area (Å²) in [6.07, 6.45) is 1.67. The maximum Gasteiger partial charge on any atom is 0.133 e. The van der Waals surface area contributed by atoms with Crippen LogP contribution in [-0.2, 0) is 6.54 Å². The van der Waals surface area contributed by atoms with Gasteiger partial charge in [0.2, 0.25) is 0 Å². The van der Waals surface area contributed by atoms with Crippen molar-refractivity contribution in [3.63, 3.8) is 0 Å². The smallest absolute Gasteiger partial charge is 0.133 e. The fourth-order valence-electron chi connectivity index (χ4n) is 1.80. The van der Waals surface area contributed by atoms with Crippen LogP contribution in [0.15, 0.2) is 48.7 Å². The van der Waals surface area contributed by atoms with Crippen LogP contribution in [0, 0.1) is 0 Å². The Morgan fingerprint density at radius 3 is 2.56 bits per heavy atom. The number of nitrogens with zero attached hydrogens (tertiary/aromatic N) is 2. The minimum atomic E-state index is 0.104. The van der Waals surface area contributed by atoms with E-state index in [9.17, 15) is 0 Å². The molecule has 18 heavy (non-hydrogen) atoms.